The molecule has 0 N–H and O–H groups in total. The molecule has 0 unspecified atom stereocenters. The van der Waals surface area contributed by atoms with Crippen molar-refractivity contribution in [3.63, 3.8) is 0 Å². The highest BCUT2D eigenvalue weighted by Gasteiger charge is 2.00. The van der Waals surface area contributed by atoms with Gasteiger partial charge in [-0.25, -0.2) is 4.98 Å². The molecule has 3 heteroatoms. The van der Waals surface area contributed by atoms with E-state index in [9.17, 15) is 0 Å². The number of benzene rings is 1. The summed E-state index contributed by atoms with van der Waals surface area (Å²) in [4.78, 5) is 9.25. The third kappa shape index (κ3) is 0.942. The first-order valence-electron chi connectivity index (χ1n) is 3.79. The van der Waals surface area contributed by atoms with Gasteiger partial charge in [-0.2, -0.15) is 4.73 Å². The Kier molecular flexibility index (Phi) is 1.50. The summed E-state index contributed by atoms with van der Waals surface area (Å²) >= 11 is 0. The lowest BCUT2D eigenvalue weighted by Crippen LogP contribution is -2.02. The zero-order chi connectivity index (χ0) is 8.55. The van der Waals surface area contributed by atoms with Gasteiger partial charge in [-0.15, -0.1) is 0 Å². The first-order valence-corrected chi connectivity index (χ1v) is 3.79. The van der Waals surface area contributed by atoms with E-state index in [0.717, 1.165) is 11.0 Å². The van der Waals surface area contributed by atoms with E-state index in [1.165, 1.54) is 5.56 Å². The standard InChI is InChI=1S/C9H10N2O/c1-7-3-4-8-9(5-7)11(12-2)6-10-8/h3-6H,1-2H3. The maximum absolute atomic E-state index is 5.08. The van der Waals surface area contributed by atoms with E-state index >= 15 is 0 Å². The van der Waals surface area contributed by atoms with Gasteiger partial charge in [0.25, 0.3) is 0 Å². The molecule has 0 atom stereocenters. The highest BCUT2D eigenvalue weighted by atomic mass is 16.6. The summed E-state index contributed by atoms with van der Waals surface area (Å²) in [5, 5.41) is 0. The topological polar surface area (TPSA) is 27.1 Å². The number of nitrogens with zero attached hydrogens (tertiary/aromatic N) is 2. The lowest BCUT2D eigenvalue weighted by atomic mass is 10.2. The van der Waals surface area contributed by atoms with Gasteiger partial charge in [0.05, 0.1) is 5.52 Å². The fourth-order valence-electron chi connectivity index (χ4n) is 1.24. The van der Waals surface area contributed by atoms with Crippen molar-refractivity contribution in [3.8, 4) is 0 Å². The summed E-state index contributed by atoms with van der Waals surface area (Å²) in [6.45, 7) is 2.05. The Morgan fingerprint density at radius 2 is 2.25 bits per heavy atom. The molecule has 0 aliphatic carbocycles. The molecule has 1 aromatic carbocycles. The van der Waals surface area contributed by atoms with Crippen molar-refractivity contribution >= 4 is 11.0 Å². The van der Waals surface area contributed by atoms with Crippen molar-refractivity contribution in [2.75, 3.05) is 7.11 Å². The fraction of sp³-hybridized carbons (Fsp3) is 0.222. The fourth-order valence-corrected chi connectivity index (χ4v) is 1.24. The average Bonchev–Trinajstić information content (AvgIpc) is 2.46. The number of hydrogen-bond donors (Lipinski definition) is 0. The second-order valence-corrected chi connectivity index (χ2v) is 2.75. The summed E-state index contributed by atoms with van der Waals surface area (Å²) in [6.07, 6.45) is 1.67. The van der Waals surface area contributed by atoms with Crippen LogP contribution in [0.2, 0.25) is 0 Å². The number of imidazole rings is 1. The molecule has 0 aliphatic rings. The molecule has 1 heterocycles. The number of aromatic nitrogens is 2. The van der Waals surface area contributed by atoms with E-state index in [-0.39, 0.29) is 0 Å². The van der Waals surface area contributed by atoms with Crippen LogP contribution in [0.4, 0.5) is 0 Å². The Bertz CT molecular complexity index is 406. The predicted molar refractivity (Wildman–Crippen MR) is 47.0 cm³/mol. The molecular weight excluding hydrogens is 152 g/mol. The highest BCUT2D eigenvalue weighted by Crippen LogP contribution is 2.12. The molecule has 0 amide bonds. The molecule has 12 heavy (non-hydrogen) atoms. The Morgan fingerprint density at radius 3 is 3.00 bits per heavy atom. The van der Waals surface area contributed by atoms with Crippen LogP contribution in [-0.2, 0) is 0 Å². The van der Waals surface area contributed by atoms with Gasteiger partial charge in [0.1, 0.15) is 19.0 Å². The van der Waals surface area contributed by atoms with Crippen LogP contribution in [0.25, 0.3) is 11.0 Å². The monoisotopic (exact) mass is 162 g/mol. The van der Waals surface area contributed by atoms with E-state index < -0.39 is 0 Å². The Labute approximate surface area is 70.5 Å². The minimum absolute atomic E-state index is 0.961. The first kappa shape index (κ1) is 7.16. The maximum atomic E-state index is 5.08. The quantitative estimate of drug-likeness (QED) is 0.633. The molecule has 0 bridgehead atoms. The normalized spacial score (nSPS) is 10.5. The van der Waals surface area contributed by atoms with Crippen LogP contribution in [-0.4, -0.2) is 16.8 Å². The molecule has 0 spiro atoms. The van der Waals surface area contributed by atoms with Crippen molar-refractivity contribution in [2.24, 2.45) is 0 Å². The Morgan fingerprint density at radius 1 is 1.42 bits per heavy atom. The van der Waals surface area contributed by atoms with E-state index in [1.54, 1.807) is 18.2 Å². The van der Waals surface area contributed by atoms with Gasteiger partial charge in [-0.3, -0.25) is 0 Å². The molecule has 0 saturated carbocycles. The third-order valence-electron chi connectivity index (χ3n) is 1.87. The van der Waals surface area contributed by atoms with Crippen LogP contribution in [0.1, 0.15) is 5.56 Å². The average molecular weight is 162 g/mol. The van der Waals surface area contributed by atoms with Crippen molar-refractivity contribution in [1.82, 2.24) is 9.71 Å². The maximum Gasteiger partial charge on any atom is 0.133 e. The minimum atomic E-state index is 0.961. The molecule has 0 aliphatic heterocycles. The lowest BCUT2D eigenvalue weighted by Gasteiger charge is -2.00. The van der Waals surface area contributed by atoms with E-state index in [2.05, 4.69) is 4.98 Å². The summed E-state index contributed by atoms with van der Waals surface area (Å²) in [5.41, 5.74) is 3.18. The number of aryl methyl sites for hydroxylation is 1. The van der Waals surface area contributed by atoms with Gasteiger partial charge < -0.3 is 4.84 Å². The Hall–Kier alpha value is -1.51. The van der Waals surface area contributed by atoms with Crippen molar-refractivity contribution in [1.29, 1.82) is 0 Å². The summed E-state index contributed by atoms with van der Waals surface area (Å²) in [7, 11) is 1.63. The molecule has 1 aromatic heterocycles. The van der Waals surface area contributed by atoms with E-state index in [1.807, 2.05) is 25.1 Å². The van der Waals surface area contributed by atoms with Crippen molar-refractivity contribution in [2.45, 2.75) is 6.92 Å². The molecule has 62 valence electrons. The minimum Gasteiger partial charge on any atom is -0.416 e. The van der Waals surface area contributed by atoms with Crippen LogP contribution in [0, 0.1) is 6.92 Å². The smallest absolute Gasteiger partial charge is 0.133 e. The van der Waals surface area contributed by atoms with Gasteiger partial charge in [-0.1, -0.05) is 6.07 Å². The number of rotatable bonds is 1. The van der Waals surface area contributed by atoms with Crippen LogP contribution >= 0.6 is 0 Å². The van der Waals surface area contributed by atoms with Gasteiger partial charge in [0.15, 0.2) is 0 Å². The molecule has 0 saturated heterocycles. The lowest BCUT2D eigenvalue weighted by molar-refractivity contribution is 0.177. The first-order chi connectivity index (χ1) is 5.81. The largest absolute Gasteiger partial charge is 0.416 e. The molecule has 2 rings (SSSR count). The second kappa shape index (κ2) is 2.52. The van der Waals surface area contributed by atoms with Crippen molar-refractivity contribution in [3.05, 3.63) is 30.1 Å². The van der Waals surface area contributed by atoms with Crippen LogP contribution < -0.4 is 4.84 Å². The molecule has 0 radical (unpaired) electrons. The number of fused-ring (bicyclic) bond motifs is 1. The SMILES string of the molecule is COn1cnc2ccc(C)cc21. The summed E-state index contributed by atoms with van der Waals surface area (Å²) in [6, 6.07) is 6.07. The predicted octanol–water partition coefficient (Wildman–Crippen LogP) is 1.40. The summed E-state index contributed by atoms with van der Waals surface area (Å²) < 4.78 is 1.66. The van der Waals surface area contributed by atoms with Crippen LogP contribution in [0.3, 0.4) is 0 Å². The molecular formula is C9H10N2O. The molecule has 2 aromatic rings. The third-order valence-corrected chi connectivity index (χ3v) is 1.87. The van der Waals surface area contributed by atoms with Gasteiger partial charge in [0.2, 0.25) is 0 Å². The Balaban J connectivity index is 2.75. The van der Waals surface area contributed by atoms with Gasteiger partial charge >= 0.3 is 0 Å². The zero-order valence-corrected chi connectivity index (χ0v) is 7.11. The highest BCUT2D eigenvalue weighted by molar-refractivity contribution is 5.75. The van der Waals surface area contributed by atoms with Crippen LogP contribution in [0.5, 0.6) is 0 Å². The van der Waals surface area contributed by atoms with Crippen LogP contribution in [0.15, 0.2) is 24.5 Å². The molecule has 0 fully saturated rings. The zero-order valence-electron chi connectivity index (χ0n) is 7.11. The second-order valence-electron chi connectivity index (χ2n) is 2.75. The van der Waals surface area contributed by atoms with E-state index in [4.69, 9.17) is 4.84 Å². The van der Waals surface area contributed by atoms with Crippen molar-refractivity contribution < 1.29 is 4.84 Å². The molecule has 3 nitrogen and oxygen atoms in total. The van der Waals surface area contributed by atoms with E-state index in [0.29, 0.717) is 0 Å². The number of hydrogen-bond acceptors (Lipinski definition) is 2. The van der Waals surface area contributed by atoms with Gasteiger partial charge in [0, 0.05) is 0 Å². The van der Waals surface area contributed by atoms with Gasteiger partial charge in [-0.05, 0) is 24.6 Å². The summed E-state index contributed by atoms with van der Waals surface area (Å²) in [5.74, 6) is 0.